The van der Waals surface area contributed by atoms with Crippen LogP contribution in [-0.4, -0.2) is 25.0 Å². The van der Waals surface area contributed by atoms with E-state index < -0.39 is 17.4 Å². The molecule has 0 unspecified atom stereocenters. The number of nitrogens with zero attached hydrogens (tertiary/aromatic N) is 4. The normalized spacial score (nSPS) is 12.8. The average Bonchev–Trinajstić information content (AvgIpc) is 2.82. The van der Waals surface area contributed by atoms with Gasteiger partial charge in [-0.05, 0) is 30.0 Å². The van der Waals surface area contributed by atoms with Gasteiger partial charge >= 0.3 is 11.7 Å². The fourth-order valence-corrected chi connectivity index (χ4v) is 2.86. The van der Waals surface area contributed by atoms with Gasteiger partial charge in [-0.3, -0.25) is 4.98 Å². The van der Waals surface area contributed by atoms with Crippen LogP contribution in [0.1, 0.15) is 5.69 Å². The summed E-state index contributed by atoms with van der Waals surface area (Å²) in [5.41, 5.74) is -5.52. The third-order valence-electron chi connectivity index (χ3n) is 3.27. The summed E-state index contributed by atoms with van der Waals surface area (Å²) < 4.78 is 77.7. The number of imidazole rings is 1. The molecule has 132 valence electrons. The van der Waals surface area contributed by atoms with E-state index in [1.165, 1.54) is 29.9 Å². The monoisotopic (exact) mass is 378 g/mol. The number of halogens is 6. The van der Waals surface area contributed by atoms with Crippen molar-refractivity contribution in [1.82, 2.24) is 19.5 Å². The minimum absolute atomic E-state index is 0.0171. The Morgan fingerprint density at radius 2 is 1.80 bits per heavy atom. The molecule has 3 rings (SSSR count). The van der Waals surface area contributed by atoms with Gasteiger partial charge in [-0.1, -0.05) is 0 Å². The first kappa shape index (κ1) is 17.5. The first-order valence-electron chi connectivity index (χ1n) is 6.67. The van der Waals surface area contributed by atoms with E-state index in [2.05, 4.69) is 15.0 Å². The van der Waals surface area contributed by atoms with E-state index >= 15 is 0 Å². The summed E-state index contributed by atoms with van der Waals surface area (Å²) in [6.45, 7) is 0. The van der Waals surface area contributed by atoms with Crippen molar-refractivity contribution in [3.63, 3.8) is 0 Å². The molecule has 3 aromatic rings. The molecule has 0 bridgehead atoms. The van der Waals surface area contributed by atoms with Crippen LogP contribution in [-0.2, 0) is 13.2 Å². The summed E-state index contributed by atoms with van der Waals surface area (Å²) in [7, 11) is 1.47. The van der Waals surface area contributed by atoms with Crippen LogP contribution < -0.4 is 0 Å². The van der Waals surface area contributed by atoms with Crippen molar-refractivity contribution >= 4 is 22.8 Å². The van der Waals surface area contributed by atoms with Gasteiger partial charge in [-0.15, -0.1) is 0 Å². The number of aryl methyl sites for hydroxylation is 1. The molecule has 0 aromatic carbocycles. The molecule has 3 aromatic heterocycles. The minimum Gasteiger partial charge on any atom is -0.325 e. The number of rotatable bonds is 2. The Morgan fingerprint density at radius 1 is 1.08 bits per heavy atom. The third-order valence-corrected chi connectivity index (χ3v) is 4.05. The van der Waals surface area contributed by atoms with Crippen molar-refractivity contribution in [3.05, 3.63) is 36.3 Å². The van der Waals surface area contributed by atoms with Gasteiger partial charge in [0.25, 0.3) is 0 Å². The number of pyridine rings is 2. The van der Waals surface area contributed by atoms with E-state index in [0.29, 0.717) is 0 Å². The molecule has 0 aliphatic heterocycles. The SMILES string of the molecule is Cn1c(-c2ncccc2SC(F)(F)F)nc2cc(C(F)(F)F)ncc21. The van der Waals surface area contributed by atoms with Crippen LogP contribution in [0.25, 0.3) is 22.6 Å². The van der Waals surface area contributed by atoms with Crippen LogP contribution >= 0.6 is 11.8 Å². The highest BCUT2D eigenvalue weighted by Gasteiger charge is 2.34. The van der Waals surface area contributed by atoms with Crippen molar-refractivity contribution < 1.29 is 26.3 Å². The second-order valence-electron chi connectivity index (χ2n) is 4.95. The molecule has 4 nitrogen and oxygen atoms in total. The van der Waals surface area contributed by atoms with Crippen LogP contribution in [0.4, 0.5) is 26.3 Å². The van der Waals surface area contributed by atoms with Gasteiger partial charge in [-0.2, -0.15) is 26.3 Å². The lowest BCUT2D eigenvalue weighted by Gasteiger charge is -2.09. The maximum atomic E-state index is 12.8. The van der Waals surface area contributed by atoms with E-state index in [-0.39, 0.29) is 39.2 Å². The van der Waals surface area contributed by atoms with Crippen molar-refractivity contribution in [1.29, 1.82) is 0 Å². The summed E-state index contributed by atoms with van der Waals surface area (Å²) in [5, 5.41) is 0. The molecule has 0 spiro atoms. The number of thioether (sulfide) groups is 1. The van der Waals surface area contributed by atoms with Gasteiger partial charge in [0.15, 0.2) is 5.82 Å². The summed E-state index contributed by atoms with van der Waals surface area (Å²) in [6.07, 6.45) is -2.38. The number of fused-ring (bicyclic) bond motifs is 1. The van der Waals surface area contributed by atoms with E-state index in [0.717, 1.165) is 12.3 Å². The van der Waals surface area contributed by atoms with Gasteiger partial charge in [0.1, 0.15) is 11.4 Å². The Kier molecular flexibility index (Phi) is 4.13. The molecule has 0 fully saturated rings. The summed E-state index contributed by atoms with van der Waals surface area (Å²) in [5.74, 6) is 0.0171. The molecular weight excluding hydrogens is 370 g/mol. The quantitative estimate of drug-likeness (QED) is 0.481. The molecule has 0 aliphatic rings. The van der Waals surface area contributed by atoms with Crippen LogP contribution in [0, 0.1) is 0 Å². The summed E-state index contributed by atoms with van der Waals surface area (Å²) in [6, 6.07) is 3.31. The molecule has 11 heteroatoms. The zero-order valence-corrected chi connectivity index (χ0v) is 13.2. The third kappa shape index (κ3) is 3.55. The standard InChI is InChI=1S/C14H8F6N4S/c1-24-8-6-22-10(13(15,16)17)5-7(8)23-12(24)11-9(3-2-4-21-11)25-14(18,19)20/h2-6H,1H3. The highest BCUT2D eigenvalue weighted by molar-refractivity contribution is 8.00. The van der Waals surface area contributed by atoms with Crippen molar-refractivity contribution in [2.45, 2.75) is 16.6 Å². The molecule has 25 heavy (non-hydrogen) atoms. The highest BCUT2D eigenvalue weighted by atomic mass is 32.2. The number of aromatic nitrogens is 4. The van der Waals surface area contributed by atoms with Crippen LogP contribution in [0.2, 0.25) is 0 Å². The topological polar surface area (TPSA) is 43.6 Å². The van der Waals surface area contributed by atoms with Gasteiger partial charge < -0.3 is 4.57 Å². The molecule has 0 saturated heterocycles. The van der Waals surface area contributed by atoms with Gasteiger partial charge in [0.2, 0.25) is 0 Å². The van der Waals surface area contributed by atoms with Crippen LogP contribution in [0.5, 0.6) is 0 Å². The van der Waals surface area contributed by atoms with Gasteiger partial charge in [-0.25, -0.2) is 9.97 Å². The van der Waals surface area contributed by atoms with E-state index in [4.69, 9.17) is 0 Å². The fourth-order valence-electron chi connectivity index (χ4n) is 2.22. The zero-order valence-electron chi connectivity index (χ0n) is 12.4. The van der Waals surface area contributed by atoms with Gasteiger partial charge in [0.05, 0.1) is 17.2 Å². The molecule has 0 radical (unpaired) electrons. The fraction of sp³-hybridized carbons (Fsp3) is 0.214. The lowest BCUT2D eigenvalue weighted by Crippen LogP contribution is -2.07. The Bertz CT molecular complexity index is 931. The molecule has 0 atom stereocenters. The van der Waals surface area contributed by atoms with Crippen LogP contribution in [0.3, 0.4) is 0 Å². The van der Waals surface area contributed by atoms with E-state index in [1.807, 2.05) is 0 Å². The molecule has 3 heterocycles. The lowest BCUT2D eigenvalue weighted by molar-refractivity contribution is -0.141. The Hall–Kier alpha value is -2.30. The average molecular weight is 378 g/mol. The first-order chi connectivity index (χ1) is 11.6. The number of alkyl halides is 6. The second-order valence-corrected chi connectivity index (χ2v) is 6.06. The zero-order chi connectivity index (χ0) is 18.4. The lowest BCUT2D eigenvalue weighted by atomic mass is 10.3. The Labute approximate surface area is 140 Å². The van der Waals surface area contributed by atoms with E-state index in [9.17, 15) is 26.3 Å². The largest absolute Gasteiger partial charge is 0.446 e. The van der Waals surface area contributed by atoms with Crippen molar-refractivity contribution in [2.24, 2.45) is 7.05 Å². The number of hydrogen-bond donors (Lipinski definition) is 0. The van der Waals surface area contributed by atoms with Crippen molar-refractivity contribution in [2.75, 3.05) is 0 Å². The molecule has 0 saturated carbocycles. The maximum Gasteiger partial charge on any atom is 0.446 e. The summed E-state index contributed by atoms with van der Waals surface area (Å²) in [4.78, 5) is 11.1. The Morgan fingerprint density at radius 3 is 2.44 bits per heavy atom. The highest BCUT2D eigenvalue weighted by Crippen LogP contribution is 2.41. The smallest absolute Gasteiger partial charge is 0.325 e. The molecular formula is C14H8F6N4S. The second kappa shape index (κ2) is 5.90. The molecule has 0 aliphatic carbocycles. The number of hydrogen-bond acceptors (Lipinski definition) is 4. The van der Waals surface area contributed by atoms with E-state index in [1.54, 1.807) is 0 Å². The molecule has 0 N–H and O–H groups in total. The Balaban J connectivity index is 2.16. The first-order valence-corrected chi connectivity index (χ1v) is 7.49. The van der Waals surface area contributed by atoms with Crippen molar-refractivity contribution in [3.8, 4) is 11.5 Å². The minimum atomic E-state index is -4.64. The maximum absolute atomic E-state index is 12.8. The molecule has 0 amide bonds. The predicted molar refractivity (Wildman–Crippen MR) is 78.7 cm³/mol. The summed E-state index contributed by atoms with van der Waals surface area (Å²) >= 11 is -0.363. The predicted octanol–water partition coefficient (Wildman–Crippen LogP) is 4.66. The van der Waals surface area contributed by atoms with Gasteiger partial charge in [0, 0.05) is 18.1 Å². The van der Waals surface area contributed by atoms with Crippen LogP contribution in [0.15, 0.2) is 35.5 Å².